The van der Waals surface area contributed by atoms with Crippen LogP contribution in [-0.2, 0) is 0 Å². The summed E-state index contributed by atoms with van der Waals surface area (Å²) in [5.41, 5.74) is 5.77. The Morgan fingerprint density at radius 1 is 1.38 bits per heavy atom. The molecule has 0 radical (unpaired) electrons. The average Bonchev–Trinajstić information content (AvgIpc) is 1.97. The molecule has 1 nitrogen and oxygen atoms in total. The van der Waals surface area contributed by atoms with E-state index in [1.807, 2.05) is 0 Å². The van der Waals surface area contributed by atoms with Crippen molar-refractivity contribution in [3.63, 3.8) is 0 Å². The molecule has 1 aromatic carbocycles. The number of hydrogen-bond acceptors (Lipinski definition) is 1. The van der Waals surface area contributed by atoms with Crippen LogP contribution in [0, 0.1) is 5.82 Å². The molecular weight excluding hydrogens is 235 g/mol. The van der Waals surface area contributed by atoms with Gasteiger partial charge in [0.2, 0.25) is 0 Å². The zero-order valence-corrected chi connectivity index (χ0v) is 9.18. The molecule has 0 heterocycles. The molecule has 0 aliphatic heterocycles. The molecule has 0 fully saturated rings. The van der Waals surface area contributed by atoms with E-state index < -0.39 is 11.9 Å². The molecule has 0 spiro atoms. The van der Waals surface area contributed by atoms with Crippen LogP contribution in [0.3, 0.4) is 0 Å². The van der Waals surface area contributed by atoms with Crippen LogP contribution in [0.1, 0.15) is 18.5 Å². The third-order valence-corrected chi connectivity index (χ3v) is 2.35. The highest BCUT2D eigenvalue weighted by Crippen LogP contribution is 2.30. The van der Waals surface area contributed by atoms with Gasteiger partial charge < -0.3 is 5.73 Å². The van der Waals surface area contributed by atoms with Gasteiger partial charge in [-0.25, -0.2) is 4.39 Å². The smallest absolute Gasteiger partial charge is 0.129 e. The summed E-state index contributed by atoms with van der Waals surface area (Å²) in [6.45, 7) is 1.65. The van der Waals surface area contributed by atoms with E-state index in [4.69, 9.17) is 28.9 Å². The Morgan fingerprint density at radius 3 is 2.31 bits per heavy atom. The van der Waals surface area contributed by atoms with Crippen LogP contribution in [0.5, 0.6) is 0 Å². The zero-order chi connectivity index (χ0) is 9.30. The predicted octanol–water partition coefficient (Wildman–Crippen LogP) is 3.57. The van der Waals surface area contributed by atoms with Crippen molar-refractivity contribution >= 4 is 35.6 Å². The van der Waals surface area contributed by atoms with Crippen molar-refractivity contribution in [2.75, 3.05) is 0 Å². The number of hydrogen-bond donors (Lipinski definition) is 1. The van der Waals surface area contributed by atoms with E-state index in [1.165, 1.54) is 12.1 Å². The van der Waals surface area contributed by atoms with Gasteiger partial charge in [-0.05, 0) is 19.1 Å². The van der Waals surface area contributed by atoms with Gasteiger partial charge in [-0.15, -0.1) is 12.4 Å². The third-order valence-electron chi connectivity index (χ3n) is 1.53. The van der Waals surface area contributed by atoms with Crippen LogP contribution in [0.4, 0.5) is 4.39 Å². The molecule has 0 saturated carbocycles. The van der Waals surface area contributed by atoms with Crippen molar-refractivity contribution in [1.29, 1.82) is 0 Å². The first-order valence-corrected chi connectivity index (χ1v) is 4.18. The molecule has 0 aliphatic carbocycles. The van der Waals surface area contributed by atoms with E-state index in [9.17, 15) is 4.39 Å². The summed E-state index contributed by atoms with van der Waals surface area (Å²) < 4.78 is 13.1. The quantitative estimate of drug-likeness (QED) is 0.751. The van der Waals surface area contributed by atoms with Gasteiger partial charge in [-0.3, -0.25) is 0 Å². The minimum Gasteiger partial charge on any atom is -0.324 e. The molecule has 74 valence electrons. The fourth-order valence-electron chi connectivity index (χ4n) is 0.960. The number of halogens is 4. The summed E-state index contributed by atoms with van der Waals surface area (Å²) in [7, 11) is 0. The minimum atomic E-state index is -0.448. The first-order chi connectivity index (χ1) is 5.54. The zero-order valence-electron chi connectivity index (χ0n) is 6.85. The summed E-state index contributed by atoms with van der Waals surface area (Å²) >= 11 is 11.4. The van der Waals surface area contributed by atoms with Gasteiger partial charge in [0.25, 0.3) is 0 Å². The Balaban J connectivity index is 0.00000144. The van der Waals surface area contributed by atoms with Crippen molar-refractivity contribution in [3.8, 4) is 0 Å². The van der Waals surface area contributed by atoms with Crippen molar-refractivity contribution in [1.82, 2.24) is 0 Å². The molecule has 0 unspecified atom stereocenters. The van der Waals surface area contributed by atoms with Crippen LogP contribution < -0.4 is 5.73 Å². The Labute approximate surface area is 92.4 Å². The molecule has 1 atom stereocenters. The van der Waals surface area contributed by atoms with Crippen molar-refractivity contribution in [3.05, 3.63) is 33.6 Å². The van der Waals surface area contributed by atoms with Crippen LogP contribution in [0.2, 0.25) is 10.0 Å². The monoisotopic (exact) mass is 243 g/mol. The first-order valence-electron chi connectivity index (χ1n) is 3.43. The fourth-order valence-corrected chi connectivity index (χ4v) is 1.45. The van der Waals surface area contributed by atoms with E-state index in [2.05, 4.69) is 0 Å². The van der Waals surface area contributed by atoms with E-state index in [1.54, 1.807) is 6.92 Å². The normalized spacial score (nSPS) is 12.1. The van der Waals surface area contributed by atoms with E-state index in [-0.39, 0.29) is 23.0 Å². The highest BCUT2D eigenvalue weighted by atomic mass is 35.5. The summed E-state index contributed by atoms with van der Waals surface area (Å²) in [5.74, 6) is -0.417. The summed E-state index contributed by atoms with van der Waals surface area (Å²) in [6.07, 6.45) is 0. The molecule has 1 aromatic rings. The molecule has 0 amide bonds. The van der Waals surface area contributed by atoms with Gasteiger partial charge in [0, 0.05) is 11.6 Å². The van der Waals surface area contributed by atoms with Crippen molar-refractivity contribution in [2.45, 2.75) is 13.0 Å². The lowest BCUT2D eigenvalue weighted by atomic mass is 10.1. The van der Waals surface area contributed by atoms with Crippen LogP contribution in [0.15, 0.2) is 12.1 Å². The van der Waals surface area contributed by atoms with Gasteiger partial charge in [-0.1, -0.05) is 23.2 Å². The highest BCUT2D eigenvalue weighted by Gasteiger charge is 2.13. The molecule has 2 N–H and O–H groups in total. The molecule has 1 rings (SSSR count). The maximum Gasteiger partial charge on any atom is 0.129 e. The van der Waals surface area contributed by atoms with Gasteiger partial charge in [0.15, 0.2) is 0 Å². The molecule has 0 saturated heterocycles. The summed E-state index contributed by atoms with van der Waals surface area (Å²) in [5, 5.41) is 0.525. The van der Waals surface area contributed by atoms with Gasteiger partial charge in [-0.2, -0.15) is 0 Å². The second kappa shape index (κ2) is 5.01. The van der Waals surface area contributed by atoms with Crippen molar-refractivity contribution < 1.29 is 4.39 Å². The predicted molar refractivity (Wildman–Crippen MR) is 56.3 cm³/mol. The molecular formula is C8H9Cl3FN. The van der Waals surface area contributed by atoms with E-state index in [0.717, 1.165) is 0 Å². The summed E-state index contributed by atoms with van der Waals surface area (Å²) in [4.78, 5) is 0. The van der Waals surface area contributed by atoms with Crippen LogP contribution in [-0.4, -0.2) is 0 Å². The van der Waals surface area contributed by atoms with Crippen LogP contribution in [0.25, 0.3) is 0 Å². The Bertz CT molecular complexity index is 302. The lowest BCUT2D eigenvalue weighted by Gasteiger charge is -2.10. The second-order valence-corrected chi connectivity index (χ2v) is 3.33. The minimum absolute atomic E-state index is 0. The Morgan fingerprint density at radius 2 is 1.92 bits per heavy atom. The number of benzene rings is 1. The fraction of sp³-hybridized carbons (Fsp3) is 0.250. The number of nitrogens with two attached hydrogens (primary N) is 1. The maximum absolute atomic E-state index is 13.1. The first kappa shape index (κ1) is 13.0. The Kier molecular flexibility index (Phi) is 5.00. The standard InChI is InChI=1S/C8H8Cl2FN.ClH/c1-4(12)7-6(11)3-2-5(9)8(7)10;/h2-4H,12H2,1H3;1H/t4-;/m0./s1. The van der Waals surface area contributed by atoms with Gasteiger partial charge >= 0.3 is 0 Å². The SMILES string of the molecule is C[C@H](N)c1c(F)ccc(Cl)c1Cl.Cl. The second-order valence-electron chi connectivity index (χ2n) is 2.55. The highest BCUT2D eigenvalue weighted by molar-refractivity contribution is 6.42. The molecule has 0 aliphatic rings. The topological polar surface area (TPSA) is 26.0 Å². The Hall–Kier alpha value is -0.0200. The van der Waals surface area contributed by atoms with E-state index in [0.29, 0.717) is 5.02 Å². The molecule has 0 aromatic heterocycles. The van der Waals surface area contributed by atoms with E-state index >= 15 is 0 Å². The van der Waals surface area contributed by atoms with Crippen molar-refractivity contribution in [2.24, 2.45) is 5.73 Å². The average molecular weight is 245 g/mol. The largest absolute Gasteiger partial charge is 0.324 e. The summed E-state index contributed by atoms with van der Waals surface area (Å²) in [6, 6.07) is 2.22. The lowest BCUT2D eigenvalue weighted by molar-refractivity contribution is 0.594. The maximum atomic E-state index is 13.1. The van der Waals surface area contributed by atoms with Gasteiger partial charge in [0.05, 0.1) is 10.0 Å². The third kappa shape index (κ3) is 2.71. The van der Waals surface area contributed by atoms with Gasteiger partial charge in [0.1, 0.15) is 5.82 Å². The number of rotatable bonds is 1. The molecule has 13 heavy (non-hydrogen) atoms. The molecule has 5 heteroatoms. The molecule has 0 bridgehead atoms. The lowest BCUT2D eigenvalue weighted by Crippen LogP contribution is -2.08. The van der Waals surface area contributed by atoms with Crippen LogP contribution >= 0.6 is 35.6 Å².